The molecule has 1 aromatic rings. The third-order valence-electron chi connectivity index (χ3n) is 5.62. The van der Waals surface area contributed by atoms with Gasteiger partial charge < -0.3 is 19.7 Å². The number of aryl methyl sites for hydroxylation is 1. The molecule has 1 aromatic carbocycles. The van der Waals surface area contributed by atoms with E-state index in [9.17, 15) is 14.4 Å². The number of rotatable bonds is 14. The SMILES string of the molecule is CCCCCCCCCCOC(=O)CC1C(=O)NCCN1C(=O)COc1cccc(C)c1. The van der Waals surface area contributed by atoms with E-state index in [0.717, 1.165) is 24.8 Å². The molecule has 1 saturated heterocycles. The molecule has 1 atom stereocenters. The van der Waals surface area contributed by atoms with Crippen LogP contribution in [0.2, 0.25) is 0 Å². The minimum atomic E-state index is -0.858. The van der Waals surface area contributed by atoms with Gasteiger partial charge in [0, 0.05) is 13.1 Å². The topological polar surface area (TPSA) is 84.9 Å². The first-order valence-corrected chi connectivity index (χ1v) is 11.9. The molecule has 0 saturated carbocycles. The van der Waals surface area contributed by atoms with Crippen molar-refractivity contribution >= 4 is 17.8 Å². The van der Waals surface area contributed by atoms with Crippen LogP contribution in [0.15, 0.2) is 24.3 Å². The molecule has 1 aliphatic heterocycles. The van der Waals surface area contributed by atoms with Crippen molar-refractivity contribution in [2.75, 3.05) is 26.3 Å². The lowest BCUT2D eigenvalue weighted by atomic mass is 10.1. The number of piperazine rings is 1. The number of amides is 2. The first-order valence-electron chi connectivity index (χ1n) is 11.9. The van der Waals surface area contributed by atoms with E-state index in [1.54, 1.807) is 6.07 Å². The van der Waals surface area contributed by atoms with Gasteiger partial charge in [0.2, 0.25) is 5.91 Å². The van der Waals surface area contributed by atoms with E-state index in [1.807, 2.05) is 25.1 Å². The normalized spacial score (nSPS) is 15.9. The van der Waals surface area contributed by atoms with Gasteiger partial charge in [0.25, 0.3) is 5.91 Å². The number of esters is 1. The van der Waals surface area contributed by atoms with Gasteiger partial charge in [0.15, 0.2) is 6.61 Å². The zero-order chi connectivity index (χ0) is 23.2. The van der Waals surface area contributed by atoms with Crippen molar-refractivity contribution in [1.29, 1.82) is 0 Å². The Morgan fingerprint density at radius 3 is 2.53 bits per heavy atom. The second kappa shape index (κ2) is 14.5. The predicted molar refractivity (Wildman–Crippen MR) is 123 cm³/mol. The van der Waals surface area contributed by atoms with Crippen molar-refractivity contribution in [1.82, 2.24) is 10.2 Å². The fourth-order valence-electron chi connectivity index (χ4n) is 3.79. The second-order valence-corrected chi connectivity index (χ2v) is 8.40. The summed E-state index contributed by atoms with van der Waals surface area (Å²) in [6.07, 6.45) is 9.18. The lowest BCUT2D eigenvalue weighted by Gasteiger charge is -2.34. The van der Waals surface area contributed by atoms with Gasteiger partial charge in [-0.1, -0.05) is 64.0 Å². The number of benzene rings is 1. The third kappa shape index (κ3) is 9.28. The highest BCUT2D eigenvalue weighted by Gasteiger charge is 2.35. The molecule has 0 bridgehead atoms. The van der Waals surface area contributed by atoms with E-state index in [2.05, 4.69) is 12.2 Å². The van der Waals surface area contributed by atoms with Crippen molar-refractivity contribution in [3.63, 3.8) is 0 Å². The monoisotopic (exact) mass is 446 g/mol. The van der Waals surface area contributed by atoms with Gasteiger partial charge in [0.1, 0.15) is 11.8 Å². The van der Waals surface area contributed by atoms with E-state index >= 15 is 0 Å². The molecule has 7 nitrogen and oxygen atoms in total. The number of unbranched alkanes of at least 4 members (excludes halogenated alkanes) is 7. The molecule has 7 heteroatoms. The second-order valence-electron chi connectivity index (χ2n) is 8.40. The van der Waals surface area contributed by atoms with Gasteiger partial charge >= 0.3 is 5.97 Å². The molecule has 1 heterocycles. The van der Waals surface area contributed by atoms with Crippen LogP contribution in [0.1, 0.15) is 70.3 Å². The van der Waals surface area contributed by atoms with Crippen LogP contribution in [-0.2, 0) is 19.1 Å². The van der Waals surface area contributed by atoms with Gasteiger partial charge in [-0.05, 0) is 31.0 Å². The van der Waals surface area contributed by atoms with Crippen LogP contribution in [0.4, 0.5) is 0 Å². The Morgan fingerprint density at radius 1 is 1.09 bits per heavy atom. The summed E-state index contributed by atoms with van der Waals surface area (Å²) in [7, 11) is 0. The van der Waals surface area contributed by atoms with Gasteiger partial charge in [-0.15, -0.1) is 0 Å². The highest BCUT2D eigenvalue weighted by atomic mass is 16.5. The van der Waals surface area contributed by atoms with Crippen LogP contribution in [0.5, 0.6) is 5.75 Å². The van der Waals surface area contributed by atoms with Crippen LogP contribution >= 0.6 is 0 Å². The molecule has 0 spiro atoms. The smallest absolute Gasteiger partial charge is 0.308 e. The van der Waals surface area contributed by atoms with E-state index in [-0.39, 0.29) is 24.8 Å². The van der Waals surface area contributed by atoms with Gasteiger partial charge in [-0.2, -0.15) is 0 Å². The highest BCUT2D eigenvalue weighted by molar-refractivity contribution is 5.92. The molecule has 32 heavy (non-hydrogen) atoms. The summed E-state index contributed by atoms with van der Waals surface area (Å²) in [5, 5.41) is 2.73. The molecule has 178 valence electrons. The summed E-state index contributed by atoms with van der Waals surface area (Å²) < 4.78 is 10.9. The standard InChI is InChI=1S/C25H38N2O5/c1-3-4-5-6-7-8-9-10-16-31-24(29)18-22-25(30)26-14-15-27(22)23(28)19-32-21-13-11-12-20(2)17-21/h11-13,17,22H,3-10,14-16,18-19H2,1-2H3,(H,26,30). The fourth-order valence-corrected chi connectivity index (χ4v) is 3.79. The highest BCUT2D eigenvalue weighted by Crippen LogP contribution is 2.15. The number of hydrogen-bond acceptors (Lipinski definition) is 5. The van der Waals surface area contributed by atoms with Gasteiger partial charge in [0.05, 0.1) is 13.0 Å². The molecule has 0 aliphatic carbocycles. The Labute approximate surface area is 191 Å². The third-order valence-corrected chi connectivity index (χ3v) is 5.62. The summed E-state index contributed by atoms with van der Waals surface area (Å²) in [5.74, 6) is -0.500. The maximum absolute atomic E-state index is 12.7. The summed E-state index contributed by atoms with van der Waals surface area (Å²) in [6.45, 7) is 5.03. The number of hydrogen-bond donors (Lipinski definition) is 1. The molecule has 1 N–H and O–H groups in total. The molecule has 2 rings (SSSR count). The largest absolute Gasteiger partial charge is 0.484 e. The van der Waals surface area contributed by atoms with Crippen LogP contribution in [0.3, 0.4) is 0 Å². The molecular formula is C25H38N2O5. The van der Waals surface area contributed by atoms with E-state index in [1.165, 1.54) is 37.0 Å². The molecule has 1 fully saturated rings. The number of nitrogens with one attached hydrogen (secondary N) is 1. The minimum absolute atomic E-state index is 0.140. The summed E-state index contributed by atoms with van der Waals surface area (Å²) in [5.41, 5.74) is 1.03. The first-order chi connectivity index (χ1) is 15.5. The Balaban J connectivity index is 1.72. The Morgan fingerprint density at radius 2 is 1.81 bits per heavy atom. The molecular weight excluding hydrogens is 408 g/mol. The molecule has 2 amide bonds. The van der Waals surface area contributed by atoms with Crippen molar-refractivity contribution in [2.45, 2.75) is 77.7 Å². The number of nitrogens with zero attached hydrogens (tertiary/aromatic N) is 1. The van der Waals surface area contributed by atoms with Crippen molar-refractivity contribution in [3.05, 3.63) is 29.8 Å². The van der Waals surface area contributed by atoms with Crippen LogP contribution in [0.25, 0.3) is 0 Å². The summed E-state index contributed by atoms with van der Waals surface area (Å²) in [4.78, 5) is 38.7. The maximum Gasteiger partial charge on any atom is 0.308 e. The zero-order valence-electron chi connectivity index (χ0n) is 19.6. The Bertz CT molecular complexity index is 737. The number of ether oxygens (including phenoxy) is 2. The summed E-state index contributed by atoms with van der Waals surface area (Å²) in [6, 6.07) is 6.57. The van der Waals surface area contributed by atoms with E-state index in [4.69, 9.17) is 9.47 Å². The number of carbonyl (C=O) groups is 3. The molecule has 1 unspecified atom stereocenters. The average molecular weight is 447 g/mol. The molecule has 0 aromatic heterocycles. The quantitative estimate of drug-likeness (QED) is 0.347. The zero-order valence-corrected chi connectivity index (χ0v) is 19.6. The maximum atomic E-state index is 12.7. The van der Waals surface area contributed by atoms with Crippen molar-refractivity contribution in [3.8, 4) is 5.75 Å². The molecule has 0 radical (unpaired) electrons. The predicted octanol–water partition coefficient (Wildman–Crippen LogP) is 3.77. The average Bonchev–Trinajstić information content (AvgIpc) is 2.78. The van der Waals surface area contributed by atoms with Crippen LogP contribution in [-0.4, -0.2) is 55.0 Å². The minimum Gasteiger partial charge on any atom is -0.484 e. The number of carbonyl (C=O) groups excluding carboxylic acids is 3. The van der Waals surface area contributed by atoms with Crippen LogP contribution < -0.4 is 10.1 Å². The molecule has 1 aliphatic rings. The van der Waals surface area contributed by atoms with Crippen molar-refractivity contribution < 1.29 is 23.9 Å². The van der Waals surface area contributed by atoms with Crippen molar-refractivity contribution in [2.24, 2.45) is 0 Å². The van der Waals surface area contributed by atoms with Gasteiger partial charge in [-0.25, -0.2) is 0 Å². The van der Waals surface area contributed by atoms with E-state index < -0.39 is 12.0 Å². The lowest BCUT2D eigenvalue weighted by Crippen LogP contribution is -2.58. The summed E-state index contributed by atoms with van der Waals surface area (Å²) >= 11 is 0. The van der Waals surface area contributed by atoms with Gasteiger partial charge in [-0.3, -0.25) is 14.4 Å². The first kappa shape index (κ1) is 25.7. The van der Waals surface area contributed by atoms with Crippen LogP contribution in [0, 0.1) is 6.92 Å². The fraction of sp³-hybridized carbons (Fsp3) is 0.640. The van der Waals surface area contributed by atoms with E-state index in [0.29, 0.717) is 25.4 Å². The lowest BCUT2D eigenvalue weighted by molar-refractivity contribution is -0.152. The Kier molecular flexibility index (Phi) is 11.6. The Hall–Kier alpha value is -2.57.